The Labute approximate surface area is 191 Å². The molecule has 0 aliphatic heterocycles. The Balaban J connectivity index is 1.52. The first kappa shape index (κ1) is 20.7. The second-order valence-corrected chi connectivity index (χ2v) is 8.20. The highest BCUT2D eigenvalue weighted by atomic mass is 15.5. The van der Waals surface area contributed by atoms with Gasteiger partial charge in [0, 0.05) is 48.4 Å². The number of aryl methyl sites for hydroxylation is 3. The smallest absolute Gasteiger partial charge is 0.346 e. The molecule has 5 aromatic rings. The van der Waals surface area contributed by atoms with Crippen LogP contribution in [0.15, 0.2) is 69.0 Å². The van der Waals surface area contributed by atoms with Crippen LogP contribution in [0.2, 0.25) is 0 Å². The fraction of sp³-hybridized carbons (Fsp3) is 0.250. The van der Waals surface area contributed by atoms with E-state index in [2.05, 4.69) is 59.0 Å². The van der Waals surface area contributed by atoms with E-state index in [0.29, 0.717) is 11.9 Å². The van der Waals surface area contributed by atoms with Crippen molar-refractivity contribution >= 4 is 45.1 Å². The van der Waals surface area contributed by atoms with Crippen LogP contribution in [0.1, 0.15) is 11.4 Å². The molecule has 9 heteroatoms. The molecule has 3 aromatic heterocycles. The van der Waals surface area contributed by atoms with Crippen LogP contribution in [0.5, 0.6) is 0 Å². The van der Waals surface area contributed by atoms with Crippen molar-refractivity contribution in [2.24, 2.45) is 48.6 Å². The molecule has 0 radical (unpaired) electrons. The second-order valence-electron chi connectivity index (χ2n) is 8.20. The Morgan fingerprint density at radius 2 is 1.18 bits per heavy atom. The van der Waals surface area contributed by atoms with Gasteiger partial charge in [-0.1, -0.05) is 46.6 Å². The van der Waals surface area contributed by atoms with E-state index in [0.717, 1.165) is 44.6 Å². The molecular weight excluding hydrogens is 414 g/mol. The summed E-state index contributed by atoms with van der Waals surface area (Å²) < 4.78 is 7.69. The predicted molar refractivity (Wildman–Crippen MR) is 128 cm³/mol. The summed E-state index contributed by atoms with van der Waals surface area (Å²) in [4.78, 5) is 0. The summed E-state index contributed by atoms with van der Waals surface area (Å²) in [6, 6.07) is 16.4. The number of para-hydroxylation sites is 2. The molecule has 0 saturated heterocycles. The van der Waals surface area contributed by atoms with Gasteiger partial charge in [-0.2, -0.15) is 0 Å². The summed E-state index contributed by atoms with van der Waals surface area (Å²) in [6.45, 7) is 4.09. The lowest BCUT2D eigenvalue weighted by Gasteiger charge is -1.96. The van der Waals surface area contributed by atoms with E-state index in [-0.39, 0.29) is 0 Å². The number of hydrogen-bond acceptors (Lipinski definition) is 5. The average Bonchev–Trinajstić information content (AvgIpc) is 3.34. The molecule has 166 valence electrons. The monoisotopic (exact) mass is 440 g/mol. The third kappa shape index (κ3) is 3.24. The van der Waals surface area contributed by atoms with Gasteiger partial charge >= 0.3 is 11.9 Å². The van der Waals surface area contributed by atoms with Gasteiger partial charge in [0.15, 0.2) is 0 Å². The van der Waals surface area contributed by atoms with E-state index in [9.17, 15) is 0 Å². The number of rotatable bonds is 4. The van der Waals surface area contributed by atoms with Crippen molar-refractivity contribution in [2.45, 2.75) is 13.8 Å². The highest BCUT2D eigenvalue weighted by molar-refractivity contribution is 5.94. The maximum Gasteiger partial charge on any atom is 0.404 e. The number of hydrogen-bond donors (Lipinski definition) is 0. The fourth-order valence-electron chi connectivity index (χ4n) is 4.21. The maximum absolute atomic E-state index is 4.58. The molecule has 5 rings (SSSR count). The molecule has 0 atom stereocenters. The van der Waals surface area contributed by atoms with Gasteiger partial charge in [-0.05, 0) is 36.2 Å². The highest BCUT2D eigenvalue weighted by Gasteiger charge is 2.21. The van der Waals surface area contributed by atoms with Crippen LogP contribution in [0.4, 0.5) is 23.3 Å². The topological polar surface area (TPSA) is 81.0 Å². The molecule has 0 unspecified atom stereocenters. The molecule has 0 N–H and O–H groups in total. The van der Waals surface area contributed by atoms with E-state index >= 15 is 0 Å². The summed E-state index contributed by atoms with van der Waals surface area (Å²) in [7, 11) is 7.76. The van der Waals surface area contributed by atoms with Crippen LogP contribution in [-0.4, -0.2) is 18.9 Å². The minimum Gasteiger partial charge on any atom is -0.346 e. The van der Waals surface area contributed by atoms with Crippen molar-refractivity contribution in [3.8, 4) is 0 Å². The van der Waals surface area contributed by atoms with E-state index < -0.39 is 0 Å². The summed E-state index contributed by atoms with van der Waals surface area (Å²) in [5, 5.41) is 24.7. The first-order chi connectivity index (χ1) is 15.9. The molecule has 3 heterocycles. The average molecular weight is 441 g/mol. The molecular formula is C24H26N9+. The van der Waals surface area contributed by atoms with Crippen LogP contribution in [0.3, 0.4) is 0 Å². The van der Waals surface area contributed by atoms with Crippen LogP contribution in [-0.2, 0) is 28.2 Å². The Morgan fingerprint density at radius 3 is 1.73 bits per heavy atom. The van der Waals surface area contributed by atoms with Crippen molar-refractivity contribution in [2.75, 3.05) is 0 Å². The van der Waals surface area contributed by atoms with Crippen LogP contribution in [0.25, 0.3) is 21.8 Å². The molecule has 33 heavy (non-hydrogen) atoms. The van der Waals surface area contributed by atoms with E-state index in [4.69, 9.17) is 0 Å². The lowest BCUT2D eigenvalue weighted by molar-refractivity contribution is -0.646. The molecule has 0 spiro atoms. The van der Waals surface area contributed by atoms with E-state index in [1.807, 2.05) is 66.3 Å². The number of aromatic nitrogens is 5. The van der Waals surface area contributed by atoms with E-state index in [1.54, 1.807) is 9.25 Å². The molecule has 0 saturated carbocycles. The Bertz CT molecular complexity index is 1580. The quantitative estimate of drug-likeness (QED) is 0.262. The first-order valence-corrected chi connectivity index (χ1v) is 10.7. The van der Waals surface area contributed by atoms with Crippen molar-refractivity contribution in [3.63, 3.8) is 0 Å². The Hall–Kier alpha value is -4.14. The van der Waals surface area contributed by atoms with Gasteiger partial charge in [0.05, 0.1) is 18.1 Å². The third-order valence-electron chi connectivity index (χ3n) is 6.34. The third-order valence-corrected chi connectivity index (χ3v) is 6.34. The highest BCUT2D eigenvalue weighted by Crippen LogP contribution is 2.34. The summed E-state index contributed by atoms with van der Waals surface area (Å²) in [5.74, 6) is 1.03. The lowest BCUT2D eigenvalue weighted by Crippen LogP contribution is -2.26. The predicted octanol–water partition coefficient (Wildman–Crippen LogP) is 5.68. The standard InChI is InChI=1S/C24H26N9/c1-15-21(17-11-7-9-13-19(17)30(15)3)25-27-23-29-33(6)24(32(23)5)28-26-22-16(2)31(4)20-14-10-8-12-18(20)22/h7-14H,1-6H3/q+1. The fourth-order valence-corrected chi connectivity index (χ4v) is 4.21. The van der Waals surface area contributed by atoms with Crippen LogP contribution >= 0.6 is 0 Å². The Kier molecular flexibility index (Phi) is 4.88. The molecule has 9 nitrogen and oxygen atoms in total. The number of azo groups is 2. The molecule has 0 fully saturated rings. The largest absolute Gasteiger partial charge is 0.404 e. The minimum atomic E-state index is 0.452. The normalized spacial score (nSPS) is 12.3. The zero-order valence-corrected chi connectivity index (χ0v) is 19.6. The lowest BCUT2D eigenvalue weighted by atomic mass is 10.2. The molecule has 0 aliphatic rings. The molecule has 2 aromatic carbocycles. The maximum atomic E-state index is 4.58. The molecule has 0 bridgehead atoms. The SMILES string of the molecule is Cc1c(N=Nc2nn(C)c(N=Nc3c(C)n(C)c4ccccc34)[n+]2C)c2ccccc2n1C. The van der Waals surface area contributed by atoms with Gasteiger partial charge in [-0.25, -0.2) is 4.57 Å². The number of fused-ring (bicyclic) bond motifs is 2. The summed E-state index contributed by atoms with van der Waals surface area (Å²) in [6.07, 6.45) is 0. The van der Waals surface area contributed by atoms with Crippen molar-refractivity contribution in [1.29, 1.82) is 0 Å². The zero-order valence-electron chi connectivity index (χ0n) is 19.6. The van der Waals surface area contributed by atoms with Gasteiger partial charge in [-0.15, -0.1) is 4.68 Å². The minimum absolute atomic E-state index is 0.452. The van der Waals surface area contributed by atoms with Crippen molar-refractivity contribution in [1.82, 2.24) is 18.9 Å². The van der Waals surface area contributed by atoms with Gasteiger partial charge in [0.1, 0.15) is 11.4 Å². The Morgan fingerprint density at radius 1 is 0.697 bits per heavy atom. The van der Waals surface area contributed by atoms with E-state index in [1.165, 1.54) is 0 Å². The second kappa shape index (κ2) is 7.77. The number of nitrogens with zero attached hydrogens (tertiary/aromatic N) is 9. The molecule has 0 aliphatic carbocycles. The van der Waals surface area contributed by atoms with Crippen molar-refractivity contribution < 1.29 is 4.57 Å². The summed E-state index contributed by atoms with van der Waals surface area (Å²) >= 11 is 0. The van der Waals surface area contributed by atoms with Gasteiger partial charge in [0.25, 0.3) is 0 Å². The first-order valence-electron chi connectivity index (χ1n) is 10.7. The molecule has 0 amide bonds. The van der Waals surface area contributed by atoms with Gasteiger partial charge in [-0.3, -0.25) is 0 Å². The van der Waals surface area contributed by atoms with Crippen LogP contribution < -0.4 is 4.57 Å². The van der Waals surface area contributed by atoms with Crippen molar-refractivity contribution in [3.05, 3.63) is 59.9 Å². The summed E-state index contributed by atoms with van der Waals surface area (Å²) in [5.41, 5.74) is 6.03. The number of benzene rings is 2. The van der Waals surface area contributed by atoms with Gasteiger partial charge < -0.3 is 9.13 Å². The van der Waals surface area contributed by atoms with Gasteiger partial charge in [0.2, 0.25) is 0 Å². The zero-order chi connectivity index (χ0) is 23.3. The van der Waals surface area contributed by atoms with Crippen LogP contribution in [0, 0.1) is 13.8 Å².